The molecule has 1 unspecified atom stereocenters. The van der Waals surface area contributed by atoms with Gasteiger partial charge < -0.3 is 20.6 Å². The molecule has 0 saturated carbocycles. The van der Waals surface area contributed by atoms with E-state index in [4.69, 9.17) is 10.5 Å². The van der Waals surface area contributed by atoms with E-state index in [0.29, 0.717) is 19.4 Å². The lowest BCUT2D eigenvalue weighted by molar-refractivity contribution is -0.141. The van der Waals surface area contributed by atoms with Crippen molar-refractivity contribution in [2.45, 2.75) is 12.8 Å². The second-order valence-electron chi connectivity index (χ2n) is 4.54. The summed E-state index contributed by atoms with van der Waals surface area (Å²) in [6, 6.07) is 5.72. The van der Waals surface area contributed by atoms with Crippen molar-refractivity contribution in [3.63, 3.8) is 0 Å². The summed E-state index contributed by atoms with van der Waals surface area (Å²) in [5.74, 6) is -0.489. The third-order valence-corrected chi connectivity index (χ3v) is 3.31. The van der Waals surface area contributed by atoms with Crippen molar-refractivity contribution < 1.29 is 14.6 Å². The highest BCUT2D eigenvalue weighted by Crippen LogP contribution is 2.26. The number of aromatic nitrogens is 1. The van der Waals surface area contributed by atoms with Crippen molar-refractivity contribution in [3.05, 3.63) is 30.0 Å². The zero-order valence-corrected chi connectivity index (χ0v) is 10.8. The van der Waals surface area contributed by atoms with Crippen molar-refractivity contribution >= 4 is 16.9 Å². The average Bonchev–Trinajstić information content (AvgIpc) is 2.80. The van der Waals surface area contributed by atoms with Crippen molar-refractivity contribution in [1.29, 1.82) is 0 Å². The summed E-state index contributed by atoms with van der Waals surface area (Å²) in [6.07, 6.45) is 2.81. The van der Waals surface area contributed by atoms with Gasteiger partial charge in [-0.25, -0.2) is 0 Å². The highest BCUT2D eigenvalue weighted by atomic mass is 16.5. The number of aromatic amines is 1. The van der Waals surface area contributed by atoms with Crippen LogP contribution in [0.5, 0.6) is 5.75 Å². The number of nitrogens with two attached hydrogens (primary N) is 1. The van der Waals surface area contributed by atoms with Gasteiger partial charge in [-0.05, 0) is 43.1 Å². The molecule has 0 aliphatic heterocycles. The molecule has 1 heterocycles. The largest absolute Gasteiger partial charge is 0.497 e. The number of hydrogen-bond donors (Lipinski definition) is 3. The first kappa shape index (κ1) is 13.4. The van der Waals surface area contributed by atoms with Gasteiger partial charge in [-0.1, -0.05) is 0 Å². The van der Waals surface area contributed by atoms with Crippen LogP contribution < -0.4 is 10.5 Å². The molecule has 5 heteroatoms. The van der Waals surface area contributed by atoms with Gasteiger partial charge in [0.25, 0.3) is 0 Å². The van der Waals surface area contributed by atoms with E-state index < -0.39 is 11.9 Å². The number of methoxy groups -OCH3 is 1. The Morgan fingerprint density at radius 1 is 1.53 bits per heavy atom. The van der Waals surface area contributed by atoms with E-state index in [1.807, 2.05) is 24.4 Å². The first-order chi connectivity index (χ1) is 9.15. The van der Waals surface area contributed by atoms with E-state index in [9.17, 15) is 9.90 Å². The molecule has 1 atom stereocenters. The summed E-state index contributed by atoms with van der Waals surface area (Å²) >= 11 is 0. The van der Waals surface area contributed by atoms with Crippen LogP contribution in [0.1, 0.15) is 12.0 Å². The Bertz CT molecular complexity index is 577. The van der Waals surface area contributed by atoms with Crippen LogP contribution in [-0.2, 0) is 11.2 Å². The monoisotopic (exact) mass is 262 g/mol. The summed E-state index contributed by atoms with van der Waals surface area (Å²) in [5, 5.41) is 10.2. The summed E-state index contributed by atoms with van der Waals surface area (Å²) in [6.45, 7) is 0.378. The lowest BCUT2D eigenvalue weighted by Gasteiger charge is -2.10. The zero-order chi connectivity index (χ0) is 13.8. The molecule has 0 aliphatic rings. The average molecular weight is 262 g/mol. The van der Waals surface area contributed by atoms with Crippen LogP contribution in [0.15, 0.2) is 24.4 Å². The van der Waals surface area contributed by atoms with Crippen molar-refractivity contribution in [2.24, 2.45) is 11.7 Å². The van der Waals surface area contributed by atoms with Crippen LogP contribution in [0.25, 0.3) is 10.9 Å². The number of H-pyrrole nitrogens is 1. The fraction of sp³-hybridized carbons (Fsp3) is 0.357. The number of carbonyl (C=O) groups is 1. The molecule has 1 aromatic heterocycles. The first-order valence-electron chi connectivity index (χ1n) is 6.22. The van der Waals surface area contributed by atoms with Crippen LogP contribution in [0.2, 0.25) is 0 Å². The topological polar surface area (TPSA) is 88.3 Å². The predicted octanol–water partition coefficient (Wildman–Crippen LogP) is 1.77. The van der Waals surface area contributed by atoms with Crippen LogP contribution in [0.3, 0.4) is 0 Å². The number of hydrogen-bond acceptors (Lipinski definition) is 3. The first-order valence-corrected chi connectivity index (χ1v) is 6.22. The van der Waals surface area contributed by atoms with Crippen LogP contribution in [-0.4, -0.2) is 29.7 Å². The Morgan fingerprint density at radius 3 is 2.95 bits per heavy atom. The Kier molecular flexibility index (Phi) is 4.06. The Morgan fingerprint density at radius 2 is 2.32 bits per heavy atom. The van der Waals surface area contributed by atoms with Crippen LogP contribution in [0, 0.1) is 5.92 Å². The molecular weight excluding hydrogens is 244 g/mol. The van der Waals surface area contributed by atoms with Crippen LogP contribution in [0.4, 0.5) is 0 Å². The van der Waals surface area contributed by atoms with Gasteiger partial charge in [-0.15, -0.1) is 0 Å². The molecule has 0 aliphatic carbocycles. The van der Waals surface area contributed by atoms with Gasteiger partial charge in [0.1, 0.15) is 5.75 Å². The van der Waals surface area contributed by atoms with Crippen molar-refractivity contribution in [2.75, 3.05) is 13.7 Å². The highest BCUT2D eigenvalue weighted by Gasteiger charge is 2.19. The van der Waals surface area contributed by atoms with E-state index in [0.717, 1.165) is 22.2 Å². The third kappa shape index (κ3) is 2.88. The van der Waals surface area contributed by atoms with E-state index in [-0.39, 0.29) is 0 Å². The minimum absolute atomic E-state index is 0.378. The summed E-state index contributed by atoms with van der Waals surface area (Å²) in [7, 11) is 1.61. The van der Waals surface area contributed by atoms with E-state index in [1.165, 1.54) is 0 Å². The van der Waals surface area contributed by atoms with E-state index >= 15 is 0 Å². The van der Waals surface area contributed by atoms with Gasteiger partial charge >= 0.3 is 5.97 Å². The molecule has 1 aromatic carbocycles. The zero-order valence-electron chi connectivity index (χ0n) is 10.8. The lowest BCUT2D eigenvalue weighted by Crippen LogP contribution is -2.20. The molecule has 2 rings (SSSR count). The molecule has 0 spiro atoms. The number of carboxylic acids is 1. The summed E-state index contributed by atoms with van der Waals surface area (Å²) < 4.78 is 5.20. The lowest BCUT2D eigenvalue weighted by atomic mass is 9.96. The normalized spacial score (nSPS) is 12.5. The number of carboxylic acid groups (broad SMARTS) is 1. The Labute approximate surface area is 111 Å². The number of fused-ring (bicyclic) bond motifs is 1. The minimum Gasteiger partial charge on any atom is -0.497 e. The molecule has 0 bridgehead atoms. The molecule has 5 nitrogen and oxygen atoms in total. The fourth-order valence-electron chi connectivity index (χ4n) is 2.23. The van der Waals surface area contributed by atoms with Gasteiger partial charge in [0.05, 0.1) is 13.0 Å². The van der Waals surface area contributed by atoms with Gasteiger partial charge in [0, 0.05) is 17.1 Å². The molecule has 0 radical (unpaired) electrons. The molecule has 102 valence electrons. The smallest absolute Gasteiger partial charge is 0.306 e. The molecule has 0 fully saturated rings. The summed E-state index contributed by atoms with van der Waals surface area (Å²) in [5.41, 5.74) is 7.42. The van der Waals surface area contributed by atoms with Gasteiger partial charge in [-0.3, -0.25) is 4.79 Å². The van der Waals surface area contributed by atoms with E-state index in [1.54, 1.807) is 7.11 Å². The van der Waals surface area contributed by atoms with Crippen molar-refractivity contribution in [1.82, 2.24) is 4.98 Å². The maximum atomic E-state index is 11.2. The second kappa shape index (κ2) is 5.75. The maximum absolute atomic E-state index is 11.2. The van der Waals surface area contributed by atoms with Gasteiger partial charge in [0.15, 0.2) is 0 Å². The standard InChI is InChI=1S/C14H18N2O3/c1-19-11-2-3-13-12(7-11)10(8-16-13)6-9(4-5-15)14(17)18/h2-3,7-9,16H,4-6,15H2,1H3,(H,17,18). The van der Waals surface area contributed by atoms with Crippen molar-refractivity contribution in [3.8, 4) is 5.75 Å². The number of benzene rings is 1. The number of rotatable bonds is 6. The van der Waals surface area contributed by atoms with E-state index in [2.05, 4.69) is 4.98 Å². The molecule has 0 saturated heterocycles. The van der Waals surface area contributed by atoms with Gasteiger partial charge in [-0.2, -0.15) is 0 Å². The molecule has 0 amide bonds. The van der Waals surface area contributed by atoms with Gasteiger partial charge in [0.2, 0.25) is 0 Å². The SMILES string of the molecule is COc1ccc2[nH]cc(CC(CCN)C(=O)O)c2c1. The number of aliphatic carboxylic acids is 1. The minimum atomic E-state index is -0.803. The quantitative estimate of drug-likeness (QED) is 0.740. The molecule has 2 aromatic rings. The fourth-order valence-corrected chi connectivity index (χ4v) is 2.23. The maximum Gasteiger partial charge on any atom is 0.306 e. The molecule has 19 heavy (non-hydrogen) atoms. The highest BCUT2D eigenvalue weighted by molar-refractivity contribution is 5.85. The molecule has 4 N–H and O–H groups in total. The molecular formula is C14H18N2O3. The summed E-state index contributed by atoms with van der Waals surface area (Å²) in [4.78, 5) is 14.3. The second-order valence-corrected chi connectivity index (χ2v) is 4.54. The van der Waals surface area contributed by atoms with Crippen LogP contribution >= 0.6 is 0 Å². The Hall–Kier alpha value is -2.01. The number of ether oxygens (including phenoxy) is 1. The number of nitrogens with one attached hydrogen (secondary N) is 1. The predicted molar refractivity (Wildman–Crippen MR) is 73.4 cm³/mol. The Balaban J connectivity index is 2.31. The third-order valence-electron chi connectivity index (χ3n) is 3.31.